The topological polar surface area (TPSA) is 24.5 Å². The highest BCUT2D eigenvalue weighted by molar-refractivity contribution is 6.22. The molecule has 1 aliphatic carbocycles. The number of hydrogen-bond donors (Lipinski definition) is 0. The second kappa shape index (κ2) is 25.5. The zero-order valence-electron chi connectivity index (χ0n) is 61.1. The molecular weight excluding hydrogens is 1360 g/mol. The van der Waals surface area contributed by atoms with Crippen LogP contribution in [0.15, 0.2) is 406 Å². The van der Waals surface area contributed by atoms with Crippen molar-refractivity contribution in [1.29, 1.82) is 0 Å². The van der Waals surface area contributed by atoms with Gasteiger partial charge < -0.3 is 28.4 Å². The van der Waals surface area contributed by atoms with Crippen molar-refractivity contribution in [2.45, 2.75) is 12.0 Å². The summed E-state index contributed by atoms with van der Waals surface area (Å²) in [5, 5.41) is 14.5. The zero-order valence-corrected chi connectivity index (χ0v) is 61.1. The molecule has 2 unspecified atom stereocenters. The van der Waals surface area contributed by atoms with Gasteiger partial charge in [0.05, 0.1) is 44.8 Å². The number of anilines is 8. The first kappa shape index (κ1) is 63.4. The van der Waals surface area contributed by atoms with Crippen molar-refractivity contribution >= 4 is 149 Å². The third-order valence-corrected chi connectivity index (χ3v) is 23.8. The molecule has 0 spiro atoms. The van der Waals surface area contributed by atoms with Gasteiger partial charge in [0.25, 0.3) is 0 Å². The van der Waals surface area contributed by atoms with Crippen molar-refractivity contribution in [2.75, 3.05) is 14.7 Å². The van der Waals surface area contributed by atoms with E-state index in [0.717, 1.165) is 73.4 Å². The van der Waals surface area contributed by atoms with E-state index in [2.05, 4.69) is 441 Å². The number of fused-ring (bicyclic) bond motifs is 19. The summed E-state index contributed by atoms with van der Waals surface area (Å²) < 4.78 is 7.35. The van der Waals surface area contributed by atoms with Crippen LogP contribution in [0.3, 0.4) is 0 Å². The number of nitrogens with zero attached hydrogens (tertiary/aromatic N) is 6. The fraction of sp³-hybridized carbons (Fsp3) is 0.0189. The highest BCUT2D eigenvalue weighted by Crippen LogP contribution is 2.60. The third kappa shape index (κ3) is 10.1. The molecule has 4 heterocycles. The molecule has 18 aromatic carbocycles. The summed E-state index contributed by atoms with van der Waals surface area (Å²) in [4.78, 5) is 7.54. The smallest absolute Gasteiger partial charge is 0.0782 e. The number of para-hydroxylation sites is 6. The van der Waals surface area contributed by atoms with Crippen molar-refractivity contribution < 1.29 is 0 Å². The molecule has 0 radical (unpaired) electrons. The molecule has 0 N–H and O–H groups in total. The Kier molecular flexibility index (Phi) is 14.4. The lowest BCUT2D eigenvalue weighted by Gasteiger charge is -2.34. The molecule has 23 rings (SSSR count). The van der Waals surface area contributed by atoms with Crippen molar-refractivity contribution in [3.63, 3.8) is 0 Å². The third-order valence-electron chi connectivity index (χ3n) is 23.8. The minimum Gasteiger partial charge on any atom is -0.331 e. The van der Waals surface area contributed by atoms with E-state index in [1.807, 2.05) is 0 Å². The molecule has 6 nitrogen and oxygen atoms in total. The number of hydrogen-bond acceptors (Lipinski definition) is 3. The predicted octanol–water partition coefficient (Wildman–Crippen LogP) is 28.7. The summed E-state index contributed by atoms with van der Waals surface area (Å²) in [5.74, 6) is 0.0599. The molecule has 0 saturated heterocycles. The molecule has 1 aliphatic heterocycles. The van der Waals surface area contributed by atoms with Crippen molar-refractivity contribution in [3.05, 3.63) is 423 Å². The van der Waals surface area contributed by atoms with Gasteiger partial charge in [0.2, 0.25) is 0 Å². The van der Waals surface area contributed by atoms with Crippen molar-refractivity contribution in [2.24, 2.45) is 0 Å². The summed E-state index contributed by atoms with van der Waals surface area (Å²) in [6.45, 7) is 0. The molecule has 2 atom stereocenters. The molecule has 524 valence electrons. The van der Waals surface area contributed by atoms with Crippen LogP contribution in [-0.4, -0.2) is 13.7 Å². The maximum atomic E-state index is 2.68. The van der Waals surface area contributed by atoms with Crippen LogP contribution in [0.25, 0.3) is 143 Å². The van der Waals surface area contributed by atoms with Crippen LogP contribution >= 0.6 is 0 Å². The lowest BCUT2D eigenvalue weighted by Crippen LogP contribution is -2.24. The van der Waals surface area contributed by atoms with Crippen molar-refractivity contribution in [1.82, 2.24) is 13.7 Å². The first-order valence-corrected chi connectivity index (χ1v) is 38.8. The second-order valence-corrected chi connectivity index (χ2v) is 30.0. The van der Waals surface area contributed by atoms with E-state index in [1.54, 1.807) is 0 Å². The highest BCUT2D eigenvalue weighted by atomic mass is 15.2. The van der Waals surface area contributed by atoms with E-state index in [1.165, 1.54) is 126 Å². The van der Waals surface area contributed by atoms with Crippen LogP contribution in [0, 0.1) is 0 Å². The van der Waals surface area contributed by atoms with Crippen LogP contribution in [-0.2, 0) is 0 Å². The summed E-state index contributed by atoms with van der Waals surface area (Å²) in [5.41, 5.74) is 28.0. The fourth-order valence-corrected chi connectivity index (χ4v) is 18.8. The van der Waals surface area contributed by atoms with Gasteiger partial charge in [-0.3, -0.25) is 0 Å². The van der Waals surface area contributed by atoms with E-state index in [-0.39, 0.29) is 12.0 Å². The molecule has 0 bridgehead atoms. The van der Waals surface area contributed by atoms with Crippen LogP contribution < -0.4 is 14.7 Å². The molecule has 2 aliphatic rings. The summed E-state index contributed by atoms with van der Waals surface area (Å²) in [7, 11) is 0. The Morgan fingerprint density at radius 3 is 1.15 bits per heavy atom. The van der Waals surface area contributed by atoms with E-state index >= 15 is 0 Å². The van der Waals surface area contributed by atoms with E-state index in [0.29, 0.717) is 0 Å². The molecule has 0 fully saturated rings. The molecule has 21 aromatic rings. The second-order valence-electron chi connectivity index (χ2n) is 30.0. The molecule has 0 saturated carbocycles. The minimum atomic E-state index is -0.0435. The maximum absolute atomic E-state index is 2.68. The van der Waals surface area contributed by atoms with Gasteiger partial charge in [-0.05, 0) is 224 Å². The van der Waals surface area contributed by atoms with Gasteiger partial charge >= 0.3 is 0 Å². The monoisotopic (exact) mass is 1430 g/mol. The minimum absolute atomic E-state index is 0.0435. The molecule has 3 aromatic heterocycles. The number of aromatic nitrogens is 3. The van der Waals surface area contributed by atoms with Gasteiger partial charge in [-0.25, -0.2) is 0 Å². The van der Waals surface area contributed by atoms with Gasteiger partial charge in [0.15, 0.2) is 0 Å². The Hall–Kier alpha value is -14.7. The molecule has 6 heteroatoms. The van der Waals surface area contributed by atoms with Crippen molar-refractivity contribution in [3.8, 4) is 39.3 Å². The highest BCUT2D eigenvalue weighted by Gasteiger charge is 2.44. The van der Waals surface area contributed by atoms with Crippen LogP contribution in [0.1, 0.15) is 28.7 Å². The number of benzene rings is 18. The summed E-state index contributed by atoms with van der Waals surface area (Å²) >= 11 is 0. The Bertz CT molecular complexity index is 7380. The Labute approximate surface area is 647 Å². The normalized spacial score (nSPS) is 13.8. The van der Waals surface area contributed by atoms with E-state index in [9.17, 15) is 0 Å². The van der Waals surface area contributed by atoms with Gasteiger partial charge in [-0.1, -0.05) is 255 Å². The average Bonchev–Trinajstić information content (AvgIpc) is 1.53. The Morgan fingerprint density at radius 2 is 0.607 bits per heavy atom. The predicted molar refractivity (Wildman–Crippen MR) is 472 cm³/mol. The van der Waals surface area contributed by atoms with Crippen LogP contribution in [0.4, 0.5) is 45.5 Å². The van der Waals surface area contributed by atoms with E-state index in [4.69, 9.17) is 0 Å². The van der Waals surface area contributed by atoms with E-state index < -0.39 is 0 Å². The van der Waals surface area contributed by atoms with Crippen LogP contribution in [0.2, 0.25) is 0 Å². The molecule has 112 heavy (non-hydrogen) atoms. The first-order valence-electron chi connectivity index (χ1n) is 38.8. The first-order chi connectivity index (χ1) is 55.5. The SMILES string of the molecule is C1=CC2c3ccc4c5ccc6cc(N(c7ccc(-c8ccc9c(c8)c8ccccc8n9-c8ccccc8)cc7)c7ccc8ccccc8c7)ccc6c5n(-c5ccccc5)c4c3N(c3ccccc3)C2c2ccc(N(c3ccc(-c4ccc5c(c4)c4ccccc4n5-c4ccccc4)cc3)c3ccc4ccccc4c3)cc21. The van der Waals surface area contributed by atoms with Gasteiger partial charge in [0.1, 0.15) is 0 Å². The fourth-order valence-electron chi connectivity index (χ4n) is 18.8. The number of rotatable bonds is 12. The summed E-state index contributed by atoms with van der Waals surface area (Å²) in [6.07, 6.45) is 4.89. The van der Waals surface area contributed by atoms with Gasteiger partial charge in [-0.15, -0.1) is 0 Å². The van der Waals surface area contributed by atoms with Crippen LogP contribution in [0.5, 0.6) is 0 Å². The lowest BCUT2D eigenvalue weighted by atomic mass is 9.82. The summed E-state index contributed by atoms with van der Waals surface area (Å²) in [6, 6.07) is 148. The standard InChI is InChI=1S/C106H70N6/c1-5-25-79(26-6-1)109-99-35-19-17-33-91(99)97-67-75(45-61-101(97)109)71-37-47-83(48-38-71)107(85-51-41-69-21-13-15-23-73(69)63-85)87-53-57-89-77(65-87)43-55-93-95-59-60-96-94-56-44-78-66-88(54-58-90(78)104(94)112(82-31-11-4-12-32-82)106(96)105(95)111(103(89)93)81-29-9-3-10-30-81)108(86-52-42-70-22-14-16-24-74(70)64-86)84-49-39-72(40-50-84)76-46-62-102-98(68-76)92-34-18-20-36-100(92)110(102)80-27-7-2-8-28-80/h1-68,93,103H. The quantitative estimate of drug-likeness (QED) is 0.122. The maximum Gasteiger partial charge on any atom is 0.0782 e. The largest absolute Gasteiger partial charge is 0.331 e. The molecule has 0 amide bonds. The zero-order chi connectivity index (χ0) is 73.5. The Balaban J connectivity index is 0.636. The lowest BCUT2D eigenvalue weighted by molar-refractivity contribution is 0.667. The molecular formula is C106H70N6. The average molecular weight is 1430 g/mol. The Morgan fingerprint density at radius 1 is 0.223 bits per heavy atom. The van der Waals surface area contributed by atoms with Gasteiger partial charge in [-0.2, -0.15) is 0 Å². The van der Waals surface area contributed by atoms with Gasteiger partial charge in [0, 0.05) is 100 Å².